The number of ether oxygens (including phenoxy) is 1. The van der Waals surface area contributed by atoms with Crippen molar-refractivity contribution in [3.05, 3.63) is 40.9 Å². The maximum Gasteiger partial charge on any atom is 0.134 e. The molecule has 0 heterocycles. The molecule has 3 rings (SSSR count). The van der Waals surface area contributed by atoms with Gasteiger partial charge in [-0.05, 0) is 45.6 Å². The molecule has 1 aliphatic rings. The first-order chi connectivity index (χ1) is 10.1. The molecule has 0 spiro atoms. The molecule has 0 aromatic heterocycles. The van der Waals surface area contributed by atoms with Gasteiger partial charge < -0.3 is 10.1 Å². The SMILES string of the molecule is CC(C)(CNC1CC1)COc1ccc2ccccc2c1Br. The van der Waals surface area contributed by atoms with Crippen molar-refractivity contribution in [3.8, 4) is 5.75 Å². The van der Waals surface area contributed by atoms with Crippen molar-refractivity contribution in [1.82, 2.24) is 5.32 Å². The van der Waals surface area contributed by atoms with Gasteiger partial charge in [0.2, 0.25) is 0 Å². The number of benzene rings is 2. The molecule has 21 heavy (non-hydrogen) atoms. The Kier molecular flexibility index (Phi) is 4.23. The minimum Gasteiger partial charge on any atom is -0.492 e. The molecule has 2 nitrogen and oxygen atoms in total. The molecule has 3 heteroatoms. The van der Waals surface area contributed by atoms with Gasteiger partial charge in [0.15, 0.2) is 0 Å². The summed E-state index contributed by atoms with van der Waals surface area (Å²) in [7, 11) is 0. The minimum absolute atomic E-state index is 0.133. The highest BCUT2D eigenvalue weighted by molar-refractivity contribution is 9.10. The summed E-state index contributed by atoms with van der Waals surface area (Å²) >= 11 is 3.68. The first kappa shape index (κ1) is 14.9. The first-order valence-corrected chi connectivity index (χ1v) is 8.38. The zero-order chi connectivity index (χ0) is 14.9. The van der Waals surface area contributed by atoms with Gasteiger partial charge in [0.05, 0.1) is 11.1 Å². The zero-order valence-electron chi connectivity index (χ0n) is 12.7. The van der Waals surface area contributed by atoms with E-state index in [0.29, 0.717) is 6.61 Å². The molecule has 0 bridgehead atoms. The van der Waals surface area contributed by atoms with Gasteiger partial charge in [-0.2, -0.15) is 0 Å². The van der Waals surface area contributed by atoms with E-state index in [1.54, 1.807) is 0 Å². The first-order valence-electron chi connectivity index (χ1n) is 7.59. The summed E-state index contributed by atoms with van der Waals surface area (Å²) in [5.41, 5.74) is 0.133. The van der Waals surface area contributed by atoms with Crippen LogP contribution in [-0.4, -0.2) is 19.2 Å². The minimum atomic E-state index is 0.133. The summed E-state index contributed by atoms with van der Waals surface area (Å²) in [5.74, 6) is 0.924. The highest BCUT2D eigenvalue weighted by Gasteiger charge is 2.26. The van der Waals surface area contributed by atoms with Crippen LogP contribution in [0.25, 0.3) is 10.8 Å². The molecule has 1 saturated carbocycles. The number of rotatable bonds is 6. The van der Waals surface area contributed by atoms with Crippen LogP contribution in [0, 0.1) is 5.41 Å². The predicted octanol–water partition coefficient (Wildman–Crippen LogP) is 4.76. The van der Waals surface area contributed by atoms with Crippen LogP contribution >= 0.6 is 15.9 Å². The summed E-state index contributed by atoms with van der Waals surface area (Å²) in [6, 6.07) is 13.3. The quantitative estimate of drug-likeness (QED) is 0.813. The lowest BCUT2D eigenvalue weighted by Gasteiger charge is -2.25. The summed E-state index contributed by atoms with van der Waals surface area (Å²) in [6.45, 7) is 6.21. The number of hydrogen-bond acceptors (Lipinski definition) is 2. The van der Waals surface area contributed by atoms with Gasteiger partial charge >= 0.3 is 0 Å². The van der Waals surface area contributed by atoms with Crippen molar-refractivity contribution in [2.75, 3.05) is 13.2 Å². The molecule has 0 radical (unpaired) electrons. The fraction of sp³-hybridized carbons (Fsp3) is 0.444. The molecule has 0 amide bonds. The van der Waals surface area contributed by atoms with Crippen molar-refractivity contribution in [2.45, 2.75) is 32.7 Å². The normalized spacial score (nSPS) is 15.4. The van der Waals surface area contributed by atoms with Crippen molar-refractivity contribution >= 4 is 26.7 Å². The third-order valence-corrected chi connectivity index (χ3v) is 4.71. The highest BCUT2D eigenvalue weighted by Crippen LogP contribution is 2.34. The van der Waals surface area contributed by atoms with Crippen molar-refractivity contribution < 1.29 is 4.74 Å². The van der Waals surface area contributed by atoms with Gasteiger partial charge in [-0.3, -0.25) is 0 Å². The fourth-order valence-corrected chi connectivity index (χ4v) is 2.97. The third kappa shape index (κ3) is 3.78. The maximum atomic E-state index is 6.08. The van der Waals surface area contributed by atoms with Crippen LogP contribution in [-0.2, 0) is 0 Å². The summed E-state index contributed by atoms with van der Waals surface area (Å²) in [5, 5.41) is 6.01. The van der Waals surface area contributed by atoms with E-state index in [-0.39, 0.29) is 5.41 Å². The van der Waals surface area contributed by atoms with Gasteiger partial charge in [0.1, 0.15) is 5.75 Å². The molecule has 0 aliphatic heterocycles. The lowest BCUT2D eigenvalue weighted by Crippen LogP contribution is -2.35. The Morgan fingerprint density at radius 3 is 2.71 bits per heavy atom. The molecule has 1 fully saturated rings. The molecule has 1 N–H and O–H groups in total. The molecule has 0 unspecified atom stereocenters. The second-order valence-corrected chi connectivity index (χ2v) is 7.50. The van der Waals surface area contributed by atoms with Crippen LogP contribution in [0.4, 0.5) is 0 Å². The van der Waals surface area contributed by atoms with E-state index in [1.165, 1.54) is 23.6 Å². The molecule has 0 saturated heterocycles. The summed E-state index contributed by atoms with van der Waals surface area (Å²) < 4.78 is 7.12. The number of fused-ring (bicyclic) bond motifs is 1. The van der Waals surface area contributed by atoms with E-state index >= 15 is 0 Å². The third-order valence-electron chi connectivity index (χ3n) is 3.89. The van der Waals surface area contributed by atoms with E-state index in [4.69, 9.17) is 4.74 Å². The molecule has 0 atom stereocenters. The van der Waals surface area contributed by atoms with Gasteiger partial charge in [0.25, 0.3) is 0 Å². The van der Waals surface area contributed by atoms with E-state index in [2.05, 4.69) is 71.5 Å². The van der Waals surface area contributed by atoms with Gasteiger partial charge in [-0.25, -0.2) is 0 Å². The zero-order valence-corrected chi connectivity index (χ0v) is 14.2. The molecule has 2 aromatic carbocycles. The number of hydrogen-bond donors (Lipinski definition) is 1. The molecular weight excluding hydrogens is 326 g/mol. The number of nitrogens with one attached hydrogen (secondary N) is 1. The van der Waals surface area contributed by atoms with E-state index < -0.39 is 0 Å². The highest BCUT2D eigenvalue weighted by atomic mass is 79.9. The second-order valence-electron chi connectivity index (χ2n) is 6.71. The van der Waals surface area contributed by atoms with E-state index in [9.17, 15) is 0 Å². The average Bonchev–Trinajstić information content (AvgIpc) is 3.29. The summed E-state index contributed by atoms with van der Waals surface area (Å²) in [6.07, 6.45) is 2.65. The number of halogens is 1. The van der Waals surface area contributed by atoms with Crippen molar-refractivity contribution in [2.24, 2.45) is 5.41 Å². The smallest absolute Gasteiger partial charge is 0.134 e. The average molecular weight is 348 g/mol. The van der Waals surface area contributed by atoms with Crippen LogP contribution < -0.4 is 10.1 Å². The van der Waals surface area contributed by atoms with Crippen LogP contribution in [0.3, 0.4) is 0 Å². The van der Waals surface area contributed by atoms with Crippen LogP contribution in [0.2, 0.25) is 0 Å². The molecule has 112 valence electrons. The summed E-state index contributed by atoms with van der Waals surface area (Å²) in [4.78, 5) is 0. The standard InChI is InChI=1S/C18H22BrNO/c1-18(2,11-20-14-8-9-14)12-21-16-10-7-13-5-3-4-6-15(13)17(16)19/h3-7,10,14,20H,8-9,11-12H2,1-2H3. The maximum absolute atomic E-state index is 6.08. The Bertz CT molecular complexity index is 634. The second kappa shape index (κ2) is 5.98. The Hall–Kier alpha value is -1.06. The molecular formula is C18H22BrNO. The van der Waals surface area contributed by atoms with Crippen molar-refractivity contribution in [1.29, 1.82) is 0 Å². The largest absolute Gasteiger partial charge is 0.492 e. The Balaban J connectivity index is 1.68. The molecule has 1 aliphatic carbocycles. The van der Waals surface area contributed by atoms with Crippen LogP contribution in [0.1, 0.15) is 26.7 Å². The lowest BCUT2D eigenvalue weighted by atomic mass is 9.95. The lowest BCUT2D eigenvalue weighted by molar-refractivity contribution is 0.175. The van der Waals surface area contributed by atoms with Crippen molar-refractivity contribution in [3.63, 3.8) is 0 Å². The van der Waals surface area contributed by atoms with Gasteiger partial charge in [0, 0.05) is 18.0 Å². The monoisotopic (exact) mass is 347 g/mol. The van der Waals surface area contributed by atoms with Gasteiger partial charge in [-0.1, -0.05) is 44.2 Å². The van der Waals surface area contributed by atoms with Crippen LogP contribution in [0.5, 0.6) is 5.75 Å². The van der Waals surface area contributed by atoms with Crippen LogP contribution in [0.15, 0.2) is 40.9 Å². The molecule has 2 aromatic rings. The Labute approximate surface area is 135 Å². The Morgan fingerprint density at radius 2 is 1.95 bits per heavy atom. The Morgan fingerprint density at radius 1 is 1.19 bits per heavy atom. The van der Waals surface area contributed by atoms with E-state index in [0.717, 1.165) is 22.8 Å². The fourth-order valence-electron chi connectivity index (χ4n) is 2.36. The van der Waals surface area contributed by atoms with Gasteiger partial charge in [-0.15, -0.1) is 0 Å². The topological polar surface area (TPSA) is 21.3 Å². The van der Waals surface area contributed by atoms with E-state index in [1.807, 2.05) is 0 Å². The predicted molar refractivity (Wildman–Crippen MR) is 91.9 cm³/mol.